The minimum atomic E-state index is 0.540. The summed E-state index contributed by atoms with van der Waals surface area (Å²) in [7, 11) is 0. The van der Waals surface area contributed by atoms with Crippen molar-refractivity contribution in [2.75, 3.05) is 0 Å². The minimum Gasteiger partial charge on any atom is -0.187 e. The van der Waals surface area contributed by atoms with E-state index < -0.39 is 0 Å². The Balaban J connectivity index is 1.50. The van der Waals surface area contributed by atoms with Crippen molar-refractivity contribution >= 4 is 16.3 Å². The van der Waals surface area contributed by atoms with Gasteiger partial charge in [-0.3, -0.25) is 0 Å². The van der Waals surface area contributed by atoms with E-state index in [2.05, 4.69) is 34.5 Å². The monoisotopic (exact) mass is 296 g/mol. The summed E-state index contributed by atoms with van der Waals surface area (Å²) in [5, 5.41) is 14.7. The molecule has 0 amide bonds. The molecule has 5 heteroatoms. The summed E-state index contributed by atoms with van der Waals surface area (Å²) < 4.78 is 2.00. The van der Waals surface area contributed by atoms with E-state index >= 15 is 0 Å². The number of nitrogens with zero attached hydrogens (tertiary/aromatic N) is 4. The Kier molecular flexibility index (Phi) is 2.47. The molecule has 21 heavy (non-hydrogen) atoms. The standard InChI is InChI=1S/C16H16N4S/c1-2-4-12-9-13(8-5-10(12)3-1)15-19-20-14(11-6-7-11)17-18-16(20)21-15/h1-4,11,13H,5-9H2. The normalized spacial score (nSPS) is 21.6. The molecule has 1 fully saturated rings. The molecule has 2 aromatic heterocycles. The van der Waals surface area contributed by atoms with E-state index in [0.29, 0.717) is 11.8 Å². The van der Waals surface area contributed by atoms with Gasteiger partial charge in [-0.2, -0.15) is 9.61 Å². The third-order valence-corrected chi connectivity index (χ3v) is 5.73. The van der Waals surface area contributed by atoms with Gasteiger partial charge in [0.1, 0.15) is 5.01 Å². The second-order valence-corrected chi connectivity index (χ2v) is 7.16. The Morgan fingerprint density at radius 3 is 2.71 bits per heavy atom. The molecule has 5 rings (SSSR count). The van der Waals surface area contributed by atoms with Gasteiger partial charge in [-0.1, -0.05) is 35.6 Å². The topological polar surface area (TPSA) is 43.1 Å². The van der Waals surface area contributed by atoms with Gasteiger partial charge >= 0.3 is 0 Å². The fourth-order valence-electron chi connectivity index (χ4n) is 3.32. The molecule has 1 saturated carbocycles. The lowest BCUT2D eigenvalue weighted by Crippen LogP contribution is -2.12. The van der Waals surface area contributed by atoms with E-state index in [4.69, 9.17) is 5.10 Å². The van der Waals surface area contributed by atoms with Crippen LogP contribution in [0.1, 0.15) is 53.1 Å². The average molecular weight is 296 g/mol. The zero-order chi connectivity index (χ0) is 13.8. The maximum Gasteiger partial charge on any atom is 0.234 e. The number of aromatic nitrogens is 4. The lowest BCUT2D eigenvalue weighted by molar-refractivity contribution is 0.572. The Bertz CT molecular complexity index is 815. The van der Waals surface area contributed by atoms with Gasteiger partial charge in [0.15, 0.2) is 5.82 Å². The minimum absolute atomic E-state index is 0.540. The van der Waals surface area contributed by atoms with Crippen LogP contribution in [0.2, 0.25) is 0 Å². The van der Waals surface area contributed by atoms with Gasteiger partial charge in [0.05, 0.1) is 0 Å². The molecule has 106 valence electrons. The van der Waals surface area contributed by atoms with Crippen LogP contribution in [-0.2, 0) is 12.8 Å². The highest BCUT2D eigenvalue weighted by Gasteiger charge is 2.31. The molecule has 1 atom stereocenters. The van der Waals surface area contributed by atoms with Crippen molar-refractivity contribution in [2.24, 2.45) is 0 Å². The molecule has 2 heterocycles. The van der Waals surface area contributed by atoms with Crippen LogP contribution in [0.4, 0.5) is 0 Å². The number of fused-ring (bicyclic) bond motifs is 2. The highest BCUT2D eigenvalue weighted by Crippen LogP contribution is 2.40. The molecule has 0 radical (unpaired) electrons. The Morgan fingerprint density at radius 1 is 1.00 bits per heavy atom. The molecule has 0 saturated heterocycles. The first kappa shape index (κ1) is 11.9. The molecule has 2 aliphatic carbocycles. The number of aryl methyl sites for hydroxylation is 1. The molecule has 0 N–H and O–H groups in total. The van der Waals surface area contributed by atoms with E-state index in [1.54, 1.807) is 11.3 Å². The lowest BCUT2D eigenvalue weighted by atomic mass is 9.84. The average Bonchev–Trinajstić information content (AvgIpc) is 3.15. The second-order valence-electron chi connectivity index (χ2n) is 6.18. The maximum absolute atomic E-state index is 4.84. The molecule has 0 spiro atoms. The largest absolute Gasteiger partial charge is 0.234 e. The van der Waals surface area contributed by atoms with Crippen molar-refractivity contribution in [1.29, 1.82) is 0 Å². The van der Waals surface area contributed by atoms with Crippen molar-refractivity contribution in [3.05, 3.63) is 46.2 Å². The van der Waals surface area contributed by atoms with Gasteiger partial charge in [0, 0.05) is 11.8 Å². The first-order chi connectivity index (χ1) is 10.4. The van der Waals surface area contributed by atoms with Crippen molar-refractivity contribution < 1.29 is 0 Å². The van der Waals surface area contributed by atoms with Crippen molar-refractivity contribution in [1.82, 2.24) is 19.8 Å². The van der Waals surface area contributed by atoms with Gasteiger partial charge in [0.2, 0.25) is 4.96 Å². The number of benzene rings is 1. The number of rotatable bonds is 2. The lowest BCUT2D eigenvalue weighted by Gasteiger charge is -2.22. The fourth-order valence-corrected chi connectivity index (χ4v) is 4.30. The van der Waals surface area contributed by atoms with Gasteiger partial charge in [-0.25, -0.2) is 0 Å². The molecule has 0 aliphatic heterocycles. The van der Waals surface area contributed by atoms with E-state index in [1.807, 2.05) is 4.52 Å². The van der Waals surface area contributed by atoms with Gasteiger partial charge < -0.3 is 0 Å². The van der Waals surface area contributed by atoms with Gasteiger partial charge in [0.25, 0.3) is 0 Å². The van der Waals surface area contributed by atoms with Crippen LogP contribution >= 0.6 is 11.3 Å². The van der Waals surface area contributed by atoms with Crippen LogP contribution in [0.25, 0.3) is 4.96 Å². The number of hydrogen-bond donors (Lipinski definition) is 0. The first-order valence-electron chi connectivity index (χ1n) is 7.67. The molecule has 2 aliphatic rings. The molecule has 3 aromatic rings. The Hall–Kier alpha value is -1.75. The van der Waals surface area contributed by atoms with Crippen molar-refractivity contribution in [3.63, 3.8) is 0 Å². The van der Waals surface area contributed by atoms with E-state index in [1.165, 1.54) is 35.4 Å². The van der Waals surface area contributed by atoms with E-state index in [0.717, 1.165) is 23.6 Å². The van der Waals surface area contributed by atoms with E-state index in [9.17, 15) is 0 Å². The van der Waals surface area contributed by atoms with Crippen LogP contribution in [0.15, 0.2) is 24.3 Å². The third-order valence-electron chi connectivity index (χ3n) is 4.67. The van der Waals surface area contributed by atoms with Gasteiger partial charge in [-0.05, 0) is 43.2 Å². The van der Waals surface area contributed by atoms with Crippen molar-refractivity contribution in [2.45, 2.75) is 43.9 Å². The summed E-state index contributed by atoms with van der Waals surface area (Å²) in [5.74, 6) is 2.21. The molecule has 4 nitrogen and oxygen atoms in total. The Morgan fingerprint density at radius 2 is 1.86 bits per heavy atom. The predicted octanol–water partition coefficient (Wildman–Crippen LogP) is 3.34. The van der Waals surface area contributed by atoms with E-state index in [-0.39, 0.29) is 0 Å². The summed E-state index contributed by atoms with van der Waals surface area (Å²) in [6.45, 7) is 0. The van der Waals surface area contributed by atoms with Crippen LogP contribution in [0.5, 0.6) is 0 Å². The molecule has 1 aromatic carbocycles. The SMILES string of the molecule is c1ccc2c(c1)CCC(c1nn3c(C4CC4)nnc3s1)C2. The molecule has 0 bridgehead atoms. The summed E-state index contributed by atoms with van der Waals surface area (Å²) in [6, 6.07) is 8.81. The molecular formula is C16H16N4S. The zero-order valence-electron chi connectivity index (χ0n) is 11.7. The van der Waals surface area contributed by atoms with Crippen LogP contribution in [0.3, 0.4) is 0 Å². The van der Waals surface area contributed by atoms with Crippen molar-refractivity contribution in [3.8, 4) is 0 Å². The fraction of sp³-hybridized carbons (Fsp3) is 0.438. The smallest absolute Gasteiger partial charge is 0.187 e. The Labute approximate surface area is 126 Å². The summed E-state index contributed by atoms with van der Waals surface area (Å²) in [6.07, 6.45) is 5.95. The highest BCUT2D eigenvalue weighted by molar-refractivity contribution is 7.16. The zero-order valence-corrected chi connectivity index (χ0v) is 12.5. The quantitative estimate of drug-likeness (QED) is 0.728. The predicted molar refractivity (Wildman–Crippen MR) is 81.8 cm³/mol. The van der Waals surface area contributed by atoms with Gasteiger partial charge in [-0.15, -0.1) is 10.2 Å². The molecular weight excluding hydrogens is 280 g/mol. The molecule has 1 unspecified atom stereocenters. The summed E-state index contributed by atoms with van der Waals surface area (Å²) in [4.78, 5) is 0.964. The van der Waals surface area contributed by atoms with Crippen LogP contribution in [-0.4, -0.2) is 19.8 Å². The van der Waals surface area contributed by atoms with Crippen LogP contribution < -0.4 is 0 Å². The summed E-state index contributed by atoms with van der Waals surface area (Å²) >= 11 is 1.72. The number of hydrogen-bond acceptors (Lipinski definition) is 4. The van der Waals surface area contributed by atoms with Crippen LogP contribution in [0, 0.1) is 0 Å². The highest BCUT2D eigenvalue weighted by atomic mass is 32.1. The maximum atomic E-state index is 4.84. The summed E-state index contributed by atoms with van der Waals surface area (Å²) in [5.41, 5.74) is 3.00. The third kappa shape index (κ3) is 1.91. The first-order valence-corrected chi connectivity index (χ1v) is 8.49. The second kappa shape index (κ2) is 4.37.